The van der Waals surface area contributed by atoms with Crippen molar-refractivity contribution in [3.05, 3.63) is 41.5 Å². The normalized spacial score (nSPS) is 28.1. The van der Waals surface area contributed by atoms with Crippen molar-refractivity contribution in [2.24, 2.45) is 5.92 Å². The molecule has 3 rings (SSSR count). The molecule has 0 amide bonds. The molecule has 2 unspecified atom stereocenters. The summed E-state index contributed by atoms with van der Waals surface area (Å²) in [6.07, 6.45) is 4.30. The Labute approximate surface area is 105 Å². The molecule has 2 atom stereocenters. The van der Waals surface area contributed by atoms with Gasteiger partial charge in [-0.15, -0.1) is 0 Å². The van der Waals surface area contributed by atoms with Gasteiger partial charge in [-0.05, 0) is 37.1 Å². The fraction of sp³-hybridized carbons (Fsp3) is 0.333. The van der Waals surface area contributed by atoms with Crippen molar-refractivity contribution >= 4 is 11.6 Å². The Morgan fingerprint density at radius 2 is 2.22 bits per heavy atom. The predicted octanol–water partition coefficient (Wildman–Crippen LogP) is 2.29. The zero-order valence-electron chi connectivity index (χ0n) is 10.4. The van der Waals surface area contributed by atoms with Crippen LogP contribution in [-0.2, 0) is 10.2 Å². The van der Waals surface area contributed by atoms with E-state index < -0.39 is 0 Å². The highest BCUT2D eigenvalue weighted by Gasteiger charge is 2.58. The van der Waals surface area contributed by atoms with Crippen LogP contribution in [0.15, 0.2) is 30.4 Å². The molecule has 0 radical (unpaired) electrons. The van der Waals surface area contributed by atoms with Gasteiger partial charge in [-0.25, -0.2) is 0 Å². The first-order valence-corrected chi connectivity index (χ1v) is 6.01. The molecule has 3 nitrogen and oxygen atoms in total. The molecule has 1 saturated carbocycles. The van der Waals surface area contributed by atoms with Crippen molar-refractivity contribution < 1.29 is 14.3 Å². The summed E-state index contributed by atoms with van der Waals surface area (Å²) in [4.78, 5) is 23.5. The molecule has 18 heavy (non-hydrogen) atoms. The van der Waals surface area contributed by atoms with E-state index in [1.807, 2.05) is 18.2 Å². The number of Topliss-reactive ketones (excluding diaryl/α,β-unsaturated/α-hetero) is 1. The number of ketones is 2. The Hall–Kier alpha value is -1.90. The van der Waals surface area contributed by atoms with Crippen molar-refractivity contribution in [3.8, 4) is 5.75 Å². The number of carbonyl (C=O) groups is 2. The Kier molecular flexibility index (Phi) is 2.21. The Morgan fingerprint density at radius 3 is 2.83 bits per heavy atom. The van der Waals surface area contributed by atoms with Crippen LogP contribution in [0.3, 0.4) is 0 Å². The number of methoxy groups -OCH3 is 1. The lowest BCUT2D eigenvalue weighted by atomic mass is 9.82. The van der Waals surface area contributed by atoms with Gasteiger partial charge in [0.1, 0.15) is 11.5 Å². The summed E-state index contributed by atoms with van der Waals surface area (Å²) in [5, 5.41) is 0. The SMILES string of the molecule is COc1ccc2c(c1)C(=O)C=CC21CC1C(C)=O. The lowest BCUT2D eigenvalue weighted by Gasteiger charge is -2.21. The van der Waals surface area contributed by atoms with E-state index in [9.17, 15) is 9.59 Å². The molecule has 1 spiro atoms. The molecule has 1 aromatic carbocycles. The lowest BCUT2D eigenvalue weighted by molar-refractivity contribution is -0.118. The van der Waals surface area contributed by atoms with E-state index in [1.165, 1.54) is 0 Å². The van der Waals surface area contributed by atoms with Crippen molar-refractivity contribution in [2.75, 3.05) is 7.11 Å². The van der Waals surface area contributed by atoms with Gasteiger partial charge in [-0.3, -0.25) is 9.59 Å². The van der Waals surface area contributed by atoms with Crippen LogP contribution in [0.2, 0.25) is 0 Å². The molecule has 1 fully saturated rings. The number of hydrogen-bond acceptors (Lipinski definition) is 3. The number of hydrogen-bond donors (Lipinski definition) is 0. The number of carbonyl (C=O) groups excluding carboxylic acids is 2. The second-order valence-corrected chi connectivity index (χ2v) is 5.02. The molecule has 0 saturated heterocycles. The molecule has 2 aliphatic rings. The van der Waals surface area contributed by atoms with Gasteiger partial charge in [0, 0.05) is 16.9 Å². The van der Waals surface area contributed by atoms with Crippen LogP contribution in [0.5, 0.6) is 5.75 Å². The first-order chi connectivity index (χ1) is 8.58. The van der Waals surface area contributed by atoms with Gasteiger partial charge in [0.15, 0.2) is 5.78 Å². The first-order valence-electron chi connectivity index (χ1n) is 6.01. The summed E-state index contributed by atoms with van der Waals surface area (Å²) in [5.41, 5.74) is 1.40. The number of fused-ring (bicyclic) bond motifs is 2. The van der Waals surface area contributed by atoms with E-state index in [2.05, 4.69) is 0 Å². The minimum absolute atomic E-state index is 0.0104. The van der Waals surface area contributed by atoms with Gasteiger partial charge in [-0.2, -0.15) is 0 Å². The highest BCUT2D eigenvalue weighted by atomic mass is 16.5. The van der Waals surface area contributed by atoms with Crippen molar-refractivity contribution in [1.29, 1.82) is 0 Å². The highest BCUT2D eigenvalue weighted by molar-refractivity contribution is 6.08. The molecule has 0 aliphatic heterocycles. The fourth-order valence-corrected chi connectivity index (χ4v) is 2.93. The third-order valence-electron chi connectivity index (χ3n) is 4.02. The Balaban J connectivity index is 2.12. The van der Waals surface area contributed by atoms with Gasteiger partial charge in [-0.1, -0.05) is 12.1 Å². The predicted molar refractivity (Wildman–Crippen MR) is 66.9 cm³/mol. The second-order valence-electron chi connectivity index (χ2n) is 5.02. The fourth-order valence-electron chi connectivity index (χ4n) is 2.93. The molecule has 3 heteroatoms. The maximum Gasteiger partial charge on any atom is 0.185 e. The van der Waals surface area contributed by atoms with Crippen LogP contribution < -0.4 is 4.74 Å². The van der Waals surface area contributed by atoms with E-state index in [0.717, 1.165) is 12.0 Å². The molecular formula is C15H14O3. The summed E-state index contributed by atoms with van der Waals surface area (Å²) in [5.74, 6) is 0.876. The van der Waals surface area contributed by atoms with E-state index >= 15 is 0 Å². The third kappa shape index (κ3) is 1.37. The summed E-state index contributed by atoms with van der Waals surface area (Å²) < 4.78 is 5.15. The van der Waals surface area contributed by atoms with Crippen molar-refractivity contribution in [2.45, 2.75) is 18.8 Å². The average Bonchev–Trinajstić information content (AvgIpc) is 3.10. The van der Waals surface area contributed by atoms with E-state index in [4.69, 9.17) is 4.74 Å². The Morgan fingerprint density at radius 1 is 1.44 bits per heavy atom. The number of rotatable bonds is 2. The molecule has 0 aromatic heterocycles. The first kappa shape index (κ1) is 11.2. The molecular weight excluding hydrogens is 228 g/mol. The smallest absolute Gasteiger partial charge is 0.185 e. The van der Waals surface area contributed by atoms with E-state index in [-0.39, 0.29) is 22.9 Å². The third-order valence-corrected chi connectivity index (χ3v) is 4.02. The summed E-state index contributed by atoms with van der Waals surface area (Å²) in [7, 11) is 1.58. The topological polar surface area (TPSA) is 43.4 Å². The van der Waals surface area contributed by atoms with Crippen molar-refractivity contribution in [1.82, 2.24) is 0 Å². The van der Waals surface area contributed by atoms with Gasteiger partial charge < -0.3 is 4.74 Å². The zero-order chi connectivity index (χ0) is 12.9. The second kappa shape index (κ2) is 3.55. The standard InChI is InChI=1S/C15H14O3/c1-9(16)13-8-15(13)6-5-14(17)11-7-10(18-2)3-4-12(11)15/h3-7,13H,8H2,1-2H3. The quantitative estimate of drug-likeness (QED) is 0.799. The van der Waals surface area contributed by atoms with E-state index in [1.54, 1.807) is 26.2 Å². The van der Waals surface area contributed by atoms with Crippen molar-refractivity contribution in [3.63, 3.8) is 0 Å². The van der Waals surface area contributed by atoms with Gasteiger partial charge in [0.2, 0.25) is 0 Å². The maximum atomic E-state index is 11.9. The molecule has 0 heterocycles. The van der Waals surface area contributed by atoms with Crippen LogP contribution in [0.4, 0.5) is 0 Å². The summed E-state index contributed by atoms with van der Waals surface area (Å²) in [6.45, 7) is 1.62. The summed E-state index contributed by atoms with van der Waals surface area (Å²) in [6, 6.07) is 5.53. The molecule has 1 aromatic rings. The molecule has 2 aliphatic carbocycles. The summed E-state index contributed by atoms with van der Waals surface area (Å²) >= 11 is 0. The molecule has 0 bridgehead atoms. The lowest BCUT2D eigenvalue weighted by Crippen LogP contribution is -2.19. The van der Waals surface area contributed by atoms with Gasteiger partial charge in [0.05, 0.1) is 7.11 Å². The minimum Gasteiger partial charge on any atom is -0.497 e. The van der Waals surface area contributed by atoms with Crippen LogP contribution >= 0.6 is 0 Å². The molecule has 0 N–H and O–H groups in total. The van der Waals surface area contributed by atoms with Crippen LogP contribution in [0.25, 0.3) is 0 Å². The van der Waals surface area contributed by atoms with E-state index in [0.29, 0.717) is 11.3 Å². The number of benzene rings is 1. The monoisotopic (exact) mass is 242 g/mol. The largest absolute Gasteiger partial charge is 0.497 e. The average molecular weight is 242 g/mol. The zero-order valence-corrected chi connectivity index (χ0v) is 10.4. The van der Waals surface area contributed by atoms with Gasteiger partial charge in [0.25, 0.3) is 0 Å². The van der Waals surface area contributed by atoms with Crippen LogP contribution in [-0.4, -0.2) is 18.7 Å². The minimum atomic E-state index is -0.235. The number of ether oxygens (including phenoxy) is 1. The molecule has 92 valence electrons. The Bertz CT molecular complexity index is 585. The van der Waals surface area contributed by atoms with Crippen LogP contribution in [0, 0.1) is 5.92 Å². The highest BCUT2D eigenvalue weighted by Crippen LogP contribution is 2.58. The number of allylic oxidation sites excluding steroid dienone is 2. The van der Waals surface area contributed by atoms with Crippen LogP contribution in [0.1, 0.15) is 29.3 Å². The van der Waals surface area contributed by atoms with Gasteiger partial charge >= 0.3 is 0 Å². The maximum absolute atomic E-state index is 11.9.